The summed E-state index contributed by atoms with van der Waals surface area (Å²) in [6.07, 6.45) is 1.06. The topological polar surface area (TPSA) is 30.5 Å². The molecular weight excluding hydrogens is 262 g/mol. The van der Waals surface area contributed by atoms with Crippen molar-refractivity contribution in [2.24, 2.45) is 0 Å². The van der Waals surface area contributed by atoms with E-state index < -0.39 is 0 Å². The van der Waals surface area contributed by atoms with Gasteiger partial charge in [-0.25, -0.2) is 0 Å². The largest absolute Gasteiger partial charge is 0.497 e. The predicted octanol–water partition coefficient (Wildman–Crippen LogP) is 3.27. The number of para-hydroxylation sites is 1. The van der Waals surface area contributed by atoms with E-state index in [0.29, 0.717) is 0 Å². The van der Waals surface area contributed by atoms with Crippen molar-refractivity contribution in [3.8, 4) is 11.5 Å². The molecule has 0 fully saturated rings. The first-order valence-electron chi connectivity index (χ1n) is 7.29. The van der Waals surface area contributed by atoms with E-state index in [4.69, 9.17) is 9.47 Å². The molecule has 0 saturated carbocycles. The molecule has 0 saturated heterocycles. The number of methoxy groups -OCH3 is 1. The molecule has 1 heterocycles. The zero-order chi connectivity index (χ0) is 14.8. The quantitative estimate of drug-likeness (QED) is 0.934. The number of hydrogen-bond donors (Lipinski definition) is 1. The summed E-state index contributed by atoms with van der Waals surface area (Å²) in [5.74, 6) is 1.90. The Morgan fingerprint density at radius 1 is 1.24 bits per heavy atom. The second-order valence-electron chi connectivity index (χ2n) is 5.46. The van der Waals surface area contributed by atoms with Crippen molar-refractivity contribution in [2.75, 3.05) is 14.2 Å². The Hall–Kier alpha value is -2.00. The molecule has 1 N–H and O–H groups in total. The lowest BCUT2D eigenvalue weighted by atomic mass is 9.94. The van der Waals surface area contributed by atoms with Crippen molar-refractivity contribution in [2.45, 2.75) is 25.5 Å². The molecule has 0 spiro atoms. The van der Waals surface area contributed by atoms with E-state index in [2.05, 4.69) is 36.5 Å². The minimum atomic E-state index is 0.125. The van der Waals surface area contributed by atoms with Crippen LogP contribution < -0.4 is 14.8 Å². The van der Waals surface area contributed by atoms with Crippen LogP contribution >= 0.6 is 0 Å². The SMILES string of the molecule is CNC(c1ccc(OC)cc1C)C1Cc2ccccc2O1. The minimum absolute atomic E-state index is 0.125. The van der Waals surface area contributed by atoms with Gasteiger partial charge in [0.25, 0.3) is 0 Å². The van der Waals surface area contributed by atoms with E-state index in [1.165, 1.54) is 16.7 Å². The van der Waals surface area contributed by atoms with Crippen LogP contribution in [-0.2, 0) is 6.42 Å². The fourth-order valence-electron chi connectivity index (χ4n) is 3.06. The number of aryl methyl sites for hydroxylation is 1. The molecule has 21 heavy (non-hydrogen) atoms. The van der Waals surface area contributed by atoms with Gasteiger partial charge in [-0.15, -0.1) is 0 Å². The first-order valence-corrected chi connectivity index (χ1v) is 7.29. The summed E-state index contributed by atoms with van der Waals surface area (Å²) in [6, 6.07) is 14.7. The lowest BCUT2D eigenvalue weighted by Gasteiger charge is -2.25. The molecule has 0 aliphatic carbocycles. The third-order valence-corrected chi connectivity index (χ3v) is 4.17. The maximum absolute atomic E-state index is 6.13. The van der Waals surface area contributed by atoms with Crippen molar-refractivity contribution in [3.05, 3.63) is 59.2 Å². The van der Waals surface area contributed by atoms with Crippen molar-refractivity contribution in [1.29, 1.82) is 0 Å². The standard InChI is InChI=1S/C18H21NO2/c1-12-10-14(20-3)8-9-15(12)18(19-2)17-11-13-6-4-5-7-16(13)21-17/h4-10,17-19H,11H2,1-3H3. The third kappa shape index (κ3) is 2.61. The van der Waals surface area contributed by atoms with Gasteiger partial charge >= 0.3 is 0 Å². The van der Waals surface area contributed by atoms with Gasteiger partial charge in [0.15, 0.2) is 0 Å². The number of benzene rings is 2. The van der Waals surface area contributed by atoms with Gasteiger partial charge in [0.05, 0.1) is 13.2 Å². The first kappa shape index (κ1) is 14.0. The number of hydrogen-bond acceptors (Lipinski definition) is 3. The normalized spacial score (nSPS) is 18.0. The average Bonchev–Trinajstić information content (AvgIpc) is 2.93. The van der Waals surface area contributed by atoms with Gasteiger partial charge in [-0.2, -0.15) is 0 Å². The van der Waals surface area contributed by atoms with Gasteiger partial charge in [0, 0.05) is 6.42 Å². The molecule has 3 rings (SSSR count). The molecule has 0 bridgehead atoms. The number of ether oxygens (including phenoxy) is 2. The van der Waals surface area contributed by atoms with E-state index in [1.807, 2.05) is 25.2 Å². The Morgan fingerprint density at radius 2 is 2.05 bits per heavy atom. The number of likely N-dealkylation sites (N-methyl/N-ethyl adjacent to an activating group) is 1. The van der Waals surface area contributed by atoms with E-state index in [-0.39, 0.29) is 12.1 Å². The maximum Gasteiger partial charge on any atom is 0.123 e. The Bertz CT molecular complexity index is 614. The Labute approximate surface area is 125 Å². The molecule has 0 radical (unpaired) electrons. The lowest BCUT2D eigenvalue weighted by molar-refractivity contribution is 0.183. The number of fused-ring (bicyclic) bond motifs is 1. The summed E-state index contributed by atoms with van der Waals surface area (Å²) in [6.45, 7) is 2.12. The van der Waals surface area contributed by atoms with Crippen LogP contribution in [0.4, 0.5) is 0 Å². The molecule has 110 valence electrons. The average molecular weight is 283 g/mol. The molecule has 2 unspecified atom stereocenters. The lowest BCUT2D eigenvalue weighted by Crippen LogP contribution is -2.33. The van der Waals surface area contributed by atoms with Gasteiger partial charge in [-0.05, 0) is 48.9 Å². The van der Waals surface area contributed by atoms with Crippen LogP contribution in [0, 0.1) is 6.92 Å². The number of rotatable bonds is 4. The van der Waals surface area contributed by atoms with E-state index in [1.54, 1.807) is 7.11 Å². The zero-order valence-electron chi connectivity index (χ0n) is 12.7. The Balaban J connectivity index is 1.87. The van der Waals surface area contributed by atoms with Crippen LogP contribution in [0.15, 0.2) is 42.5 Å². The summed E-state index contributed by atoms with van der Waals surface area (Å²) in [5.41, 5.74) is 3.76. The smallest absolute Gasteiger partial charge is 0.123 e. The second-order valence-corrected chi connectivity index (χ2v) is 5.46. The summed E-state index contributed by atoms with van der Waals surface area (Å²) in [5, 5.41) is 3.41. The second kappa shape index (κ2) is 5.78. The fourth-order valence-corrected chi connectivity index (χ4v) is 3.06. The molecule has 0 amide bonds. The monoisotopic (exact) mass is 283 g/mol. The van der Waals surface area contributed by atoms with Crippen LogP contribution in [0.2, 0.25) is 0 Å². The highest BCUT2D eigenvalue weighted by molar-refractivity contribution is 5.41. The summed E-state index contributed by atoms with van der Waals surface area (Å²) >= 11 is 0. The molecular formula is C18H21NO2. The van der Waals surface area contributed by atoms with Crippen LogP contribution in [0.3, 0.4) is 0 Å². The third-order valence-electron chi connectivity index (χ3n) is 4.17. The summed E-state index contributed by atoms with van der Waals surface area (Å²) < 4.78 is 11.4. The number of nitrogens with one attached hydrogen (secondary N) is 1. The molecule has 1 aliphatic heterocycles. The molecule has 1 aliphatic rings. The Morgan fingerprint density at radius 3 is 2.71 bits per heavy atom. The van der Waals surface area contributed by atoms with Crippen molar-refractivity contribution in [3.63, 3.8) is 0 Å². The van der Waals surface area contributed by atoms with Crippen LogP contribution in [-0.4, -0.2) is 20.3 Å². The summed E-state index contributed by atoms with van der Waals surface area (Å²) in [4.78, 5) is 0. The van der Waals surface area contributed by atoms with Gasteiger partial charge in [0.1, 0.15) is 17.6 Å². The van der Waals surface area contributed by atoms with Gasteiger partial charge in [0.2, 0.25) is 0 Å². The molecule has 2 aromatic rings. The molecule has 2 atom stereocenters. The predicted molar refractivity (Wildman–Crippen MR) is 84.1 cm³/mol. The van der Waals surface area contributed by atoms with E-state index in [0.717, 1.165) is 17.9 Å². The van der Waals surface area contributed by atoms with Gasteiger partial charge in [-0.1, -0.05) is 24.3 Å². The van der Waals surface area contributed by atoms with Crippen molar-refractivity contribution in [1.82, 2.24) is 5.32 Å². The van der Waals surface area contributed by atoms with Crippen molar-refractivity contribution < 1.29 is 9.47 Å². The van der Waals surface area contributed by atoms with Crippen LogP contribution in [0.5, 0.6) is 11.5 Å². The molecule has 3 nitrogen and oxygen atoms in total. The molecule has 2 aromatic carbocycles. The van der Waals surface area contributed by atoms with Crippen LogP contribution in [0.25, 0.3) is 0 Å². The maximum atomic E-state index is 6.13. The highest BCUT2D eigenvalue weighted by Crippen LogP contribution is 2.35. The minimum Gasteiger partial charge on any atom is -0.497 e. The molecule has 0 aromatic heterocycles. The van der Waals surface area contributed by atoms with Crippen LogP contribution in [0.1, 0.15) is 22.7 Å². The fraction of sp³-hybridized carbons (Fsp3) is 0.333. The Kier molecular flexibility index (Phi) is 3.84. The zero-order valence-corrected chi connectivity index (χ0v) is 12.7. The highest BCUT2D eigenvalue weighted by atomic mass is 16.5. The summed E-state index contributed by atoms with van der Waals surface area (Å²) in [7, 11) is 3.68. The van der Waals surface area contributed by atoms with E-state index >= 15 is 0 Å². The van der Waals surface area contributed by atoms with E-state index in [9.17, 15) is 0 Å². The molecule has 3 heteroatoms. The van der Waals surface area contributed by atoms with Gasteiger partial charge < -0.3 is 14.8 Å². The highest BCUT2D eigenvalue weighted by Gasteiger charge is 2.31. The van der Waals surface area contributed by atoms with Crippen molar-refractivity contribution >= 4 is 0 Å². The van der Waals surface area contributed by atoms with Gasteiger partial charge in [-0.3, -0.25) is 0 Å². The first-order chi connectivity index (χ1) is 10.2.